The van der Waals surface area contributed by atoms with Gasteiger partial charge in [-0.05, 0) is 25.5 Å². The van der Waals surface area contributed by atoms with Gasteiger partial charge in [0.25, 0.3) is 0 Å². The Kier molecular flexibility index (Phi) is 3.72. The first-order valence-electron chi connectivity index (χ1n) is 3.68. The maximum absolute atomic E-state index is 11.0. The van der Waals surface area contributed by atoms with Gasteiger partial charge in [-0.3, -0.25) is 9.59 Å². The lowest BCUT2D eigenvalue weighted by atomic mass is 10.1. The van der Waals surface area contributed by atoms with E-state index < -0.39 is 0 Å². The van der Waals surface area contributed by atoms with Crippen LogP contribution < -0.4 is 0 Å². The van der Waals surface area contributed by atoms with E-state index in [2.05, 4.69) is 0 Å². The zero-order valence-electron chi connectivity index (χ0n) is 7.47. The summed E-state index contributed by atoms with van der Waals surface area (Å²) in [6.45, 7) is 6.74. The van der Waals surface area contributed by atoms with Crippen molar-refractivity contribution in [2.75, 3.05) is 0 Å². The van der Waals surface area contributed by atoms with Gasteiger partial charge in [0, 0.05) is 5.92 Å². The molecule has 0 unspecified atom stereocenters. The number of carbonyl (C=O) groups excluding carboxylic acids is 2. The molecule has 0 N–H and O–H groups in total. The summed E-state index contributed by atoms with van der Waals surface area (Å²) in [5.41, 5.74) is 0.531. The van der Waals surface area contributed by atoms with Crippen LogP contribution in [0.15, 0.2) is 11.6 Å². The van der Waals surface area contributed by atoms with E-state index in [0.29, 0.717) is 5.57 Å². The zero-order chi connectivity index (χ0) is 9.02. The van der Waals surface area contributed by atoms with E-state index in [9.17, 15) is 9.59 Å². The highest BCUT2D eigenvalue weighted by atomic mass is 16.1. The fraction of sp³-hybridized carbons (Fsp3) is 0.556. The monoisotopic (exact) mass is 154 g/mol. The van der Waals surface area contributed by atoms with Gasteiger partial charge >= 0.3 is 0 Å². The fourth-order valence-corrected chi connectivity index (χ4v) is 0.482. The Labute approximate surface area is 67.3 Å². The van der Waals surface area contributed by atoms with Crippen LogP contribution >= 0.6 is 0 Å². The van der Waals surface area contributed by atoms with Crippen LogP contribution in [0, 0.1) is 5.92 Å². The topological polar surface area (TPSA) is 34.1 Å². The maximum atomic E-state index is 11.0. The van der Waals surface area contributed by atoms with Crippen LogP contribution in [0.3, 0.4) is 0 Å². The highest BCUT2D eigenvalue weighted by molar-refractivity contribution is 6.01. The largest absolute Gasteiger partial charge is 0.295 e. The fourth-order valence-electron chi connectivity index (χ4n) is 0.482. The summed E-state index contributed by atoms with van der Waals surface area (Å²) in [6.07, 6.45) is 1.41. The highest BCUT2D eigenvalue weighted by Crippen LogP contribution is 2.00. The van der Waals surface area contributed by atoms with Crippen molar-refractivity contribution in [2.45, 2.75) is 27.7 Å². The summed E-state index contributed by atoms with van der Waals surface area (Å²) >= 11 is 0. The van der Waals surface area contributed by atoms with Gasteiger partial charge in [0.1, 0.15) is 0 Å². The Morgan fingerprint density at radius 2 is 1.64 bits per heavy atom. The van der Waals surface area contributed by atoms with Gasteiger partial charge < -0.3 is 0 Å². The van der Waals surface area contributed by atoms with Crippen molar-refractivity contribution in [3.8, 4) is 0 Å². The molecule has 0 aromatic heterocycles. The van der Waals surface area contributed by atoms with Gasteiger partial charge in [-0.2, -0.15) is 0 Å². The summed E-state index contributed by atoms with van der Waals surface area (Å²) in [7, 11) is 0. The molecule has 2 nitrogen and oxygen atoms in total. The van der Waals surface area contributed by atoms with Crippen LogP contribution in [0.25, 0.3) is 0 Å². The van der Waals surface area contributed by atoms with E-state index in [4.69, 9.17) is 0 Å². The lowest BCUT2D eigenvalue weighted by Crippen LogP contribution is -2.05. The minimum absolute atomic E-state index is 0.0118. The summed E-state index contributed by atoms with van der Waals surface area (Å²) in [6, 6.07) is 0. The quantitative estimate of drug-likeness (QED) is 0.580. The lowest BCUT2D eigenvalue weighted by molar-refractivity contribution is -0.118. The van der Waals surface area contributed by atoms with Crippen LogP contribution in [-0.2, 0) is 9.59 Å². The molecule has 0 aliphatic carbocycles. The summed E-state index contributed by atoms with van der Waals surface area (Å²) in [4.78, 5) is 21.7. The molecular formula is C9H14O2. The molecule has 62 valence electrons. The van der Waals surface area contributed by atoms with E-state index >= 15 is 0 Å². The van der Waals surface area contributed by atoms with Gasteiger partial charge in [0.05, 0.1) is 0 Å². The van der Waals surface area contributed by atoms with Crippen molar-refractivity contribution in [1.82, 2.24) is 0 Å². The number of hydrogen-bond acceptors (Lipinski definition) is 2. The Bertz CT molecular complexity index is 200. The standard InChI is InChI=1S/C9H14O2/c1-6(2)9(11)5-7(3)8(4)10/h5-6H,1-4H3/b7-5-. The molecule has 11 heavy (non-hydrogen) atoms. The molecule has 0 radical (unpaired) electrons. The second-order valence-corrected chi connectivity index (χ2v) is 2.94. The molecule has 0 rings (SSSR count). The Morgan fingerprint density at radius 3 is 1.91 bits per heavy atom. The first-order valence-corrected chi connectivity index (χ1v) is 3.68. The van der Waals surface area contributed by atoms with Gasteiger partial charge in [-0.1, -0.05) is 13.8 Å². The molecule has 0 amide bonds. The van der Waals surface area contributed by atoms with Gasteiger partial charge in [-0.15, -0.1) is 0 Å². The van der Waals surface area contributed by atoms with E-state index in [1.165, 1.54) is 13.0 Å². The third kappa shape index (κ3) is 3.71. The van der Waals surface area contributed by atoms with Crippen molar-refractivity contribution >= 4 is 11.6 Å². The molecular weight excluding hydrogens is 140 g/mol. The molecule has 0 heterocycles. The van der Waals surface area contributed by atoms with Gasteiger partial charge in [0.15, 0.2) is 11.6 Å². The number of hydrogen-bond donors (Lipinski definition) is 0. The Balaban J connectivity index is 4.32. The predicted molar refractivity (Wildman–Crippen MR) is 44.3 cm³/mol. The normalized spacial score (nSPS) is 11.9. The van der Waals surface area contributed by atoms with Crippen molar-refractivity contribution in [3.63, 3.8) is 0 Å². The van der Waals surface area contributed by atoms with E-state index in [-0.39, 0.29) is 17.5 Å². The average Bonchev–Trinajstić information content (AvgIpc) is 1.87. The number of Topliss-reactive ketones (excluding diaryl/α,β-unsaturated/α-hetero) is 1. The summed E-state index contributed by atoms with van der Waals surface area (Å²) in [5, 5.41) is 0. The predicted octanol–water partition coefficient (Wildman–Crippen LogP) is 1.75. The van der Waals surface area contributed by atoms with Crippen molar-refractivity contribution in [1.29, 1.82) is 0 Å². The summed E-state index contributed by atoms with van der Waals surface area (Å²) < 4.78 is 0. The van der Waals surface area contributed by atoms with E-state index in [0.717, 1.165) is 0 Å². The van der Waals surface area contributed by atoms with Crippen molar-refractivity contribution < 1.29 is 9.59 Å². The van der Waals surface area contributed by atoms with Gasteiger partial charge in [-0.25, -0.2) is 0 Å². The van der Waals surface area contributed by atoms with Gasteiger partial charge in [0.2, 0.25) is 0 Å². The smallest absolute Gasteiger partial charge is 0.158 e. The summed E-state index contributed by atoms with van der Waals surface area (Å²) in [5.74, 6) is -0.0546. The average molecular weight is 154 g/mol. The second kappa shape index (κ2) is 4.06. The van der Waals surface area contributed by atoms with Crippen LogP contribution in [-0.4, -0.2) is 11.6 Å². The number of ketones is 2. The SMILES string of the molecule is CC(=O)/C(C)=C\C(=O)C(C)C. The molecule has 0 saturated heterocycles. The lowest BCUT2D eigenvalue weighted by Gasteiger charge is -1.98. The van der Waals surface area contributed by atoms with Crippen LogP contribution in [0.1, 0.15) is 27.7 Å². The van der Waals surface area contributed by atoms with Crippen LogP contribution in [0.5, 0.6) is 0 Å². The van der Waals surface area contributed by atoms with Crippen LogP contribution in [0.4, 0.5) is 0 Å². The van der Waals surface area contributed by atoms with Crippen LogP contribution in [0.2, 0.25) is 0 Å². The Hall–Kier alpha value is -0.920. The molecule has 0 aromatic carbocycles. The van der Waals surface area contributed by atoms with Crippen molar-refractivity contribution in [3.05, 3.63) is 11.6 Å². The molecule has 2 heteroatoms. The van der Waals surface area contributed by atoms with E-state index in [1.54, 1.807) is 6.92 Å². The van der Waals surface area contributed by atoms with E-state index in [1.807, 2.05) is 13.8 Å². The third-order valence-corrected chi connectivity index (χ3v) is 1.48. The number of rotatable bonds is 3. The third-order valence-electron chi connectivity index (χ3n) is 1.48. The Morgan fingerprint density at radius 1 is 1.18 bits per heavy atom. The van der Waals surface area contributed by atoms with Crippen molar-refractivity contribution in [2.24, 2.45) is 5.92 Å². The first kappa shape index (κ1) is 10.1. The molecule has 0 spiro atoms. The highest BCUT2D eigenvalue weighted by Gasteiger charge is 2.05. The molecule has 0 aromatic rings. The minimum Gasteiger partial charge on any atom is -0.295 e. The molecule has 0 saturated carbocycles. The molecule has 0 aliphatic heterocycles. The molecule has 0 bridgehead atoms. The minimum atomic E-state index is -0.0426. The molecule has 0 aliphatic rings. The molecule has 0 atom stereocenters. The zero-order valence-corrected chi connectivity index (χ0v) is 7.47. The maximum Gasteiger partial charge on any atom is 0.158 e. The molecule has 0 fully saturated rings. The number of allylic oxidation sites excluding steroid dienone is 2. The number of carbonyl (C=O) groups is 2. The first-order chi connectivity index (χ1) is 4.95. The second-order valence-electron chi connectivity index (χ2n) is 2.94.